The van der Waals surface area contributed by atoms with E-state index in [-0.39, 0.29) is 47.1 Å². The highest BCUT2D eigenvalue weighted by Crippen LogP contribution is 2.52. The number of anilines is 1. The quantitative estimate of drug-likeness (QED) is 0.282. The molecule has 0 radical (unpaired) electrons. The molecule has 3 N–H and O–H groups in total. The van der Waals surface area contributed by atoms with E-state index in [1.54, 1.807) is 13.0 Å². The molecule has 2 aliphatic rings. The molecule has 2 amide bonds. The van der Waals surface area contributed by atoms with Crippen molar-refractivity contribution in [2.24, 2.45) is 17.8 Å². The fraction of sp³-hybridized carbons (Fsp3) is 0.519. The second kappa shape index (κ2) is 11.1. The zero-order valence-corrected chi connectivity index (χ0v) is 23.6. The zero-order valence-electron chi connectivity index (χ0n) is 22.8. The van der Waals surface area contributed by atoms with Crippen molar-refractivity contribution in [3.05, 3.63) is 47.4 Å². The Labute approximate surface area is 232 Å². The molecule has 3 heterocycles. The fourth-order valence-corrected chi connectivity index (χ4v) is 6.06. The van der Waals surface area contributed by atoms with Gasteiger partial charge in [-0.3, -0.25) is 19.8 Å². The van der Waals surface area contributed by atoms with Crippen molar-refractivity contribution in [2.75, 3.05) is 23.9 Å². The van der Waals surface area contributed by atoms with Crippen LogP contribution in [0, 0.1) is 30.6 Å². The summed E-state index contributed by atoms with van der Waals surface area (Å²) in [6.07, 6.45) is 6.89. The average molecular weight is 572 g/mol. The van der Waals surface area contributed by atoms with Gasteiger partial charge in [0.15, 0.2) is 0 Å². The number of sulfone groups is 1. The van der Waals surface area contributed by atoms with E-state index in [9.17, 15) is 18.0 Å². The Morgan fingerprint density at radius 3 is 2.40 bits per heavy atom. The summed E-state index contributed by atoms with van der Waals surface area (Å²) in [5.41, 5.74) is 2.50. The lowest BCUT2D eigenvalue weighted by Gasteiger charge is -2.36. The lowest BCUT2D eigenvalue weighted by molar-refractivity contribution is -0.123. The van der Waals surface area contributed by atoms with E-state index in [0.717, 1.165) is 31.9 Å². The predicted octanol–water partition coefficient (Wildman–Crippen LogP) is 3.14. The van der Waals surface area contributed by atoms with Crippen molar-refractivity contribution >= 4 is 27.5 Å². The van der Waals surface area contributed by atoms with Crippen molar-refractivity contribution < 1.29 is 22.4 Å². The summed E-state index contributed by atoms with van der Waals surface area (Å²) in [7, 11) is -3.44. The molecule has 0 bridgehead atoms. The van der Waals surface area contributed by atoms with E-state index in [0.29, 0.717) is 23.4 Å². The summed E-state index contributed by atoms with van der Waals surface area (Å²) in [5.74, 6) is -1.71. The largest absolute Gasteiger partial charge is 0.324 e. The van der Waals surface area contributed by atoms with E-state index < -0.39 is 33.6 Å². The van der Waals surface area contributed by atoms with Gasteiger partial charge in [0.25, 0.3) is 5.91 Å². The Bertz CT molecular complexity index is 1480. The maximum absolute atomic E-state index is 15.3. The summed E-state index contributed by atoms with van der Waals surface area (Å²) in [6.45, 7) is 3.57. The first-order chi connectivity index (χ1) is 19.1. The van der Waals surface area contributed by atoms with E-state index in [4.69, 9.17) is 0 Å². The smallest absolute Gasteiger partial charge is 0.272 e. The third kappa shape index (κ3) is 6.08. The second-order valence-corrected chi connectivity index (χ2v) is 13.1. The standard InChI is InChI=1S/C27H34FN7O4S/c1-4-19-22(15(2)32-34-19)18-9-10-21(30-25(18)28)31-26(36)24(23(16-5-6-16)17-7-8-17)35(13-14-40(3,38)39)27(37)20-11-12-29-33-20/h9-12,16-17,23-24H,4-8,13-14H2,1-3H3,(H,29,33)(H,32,34)(H,30,31,36)/t24-/m0/s1. The van der Waals surface area contributed by atoms with Gasteiger partial charge >= 0.3 is 0 Å². The predicted molar refractivity (Wildman–Crippen MR) is 147 cm³/mol. The van der Waals surface area contributed by atoms with E-state index >= 15 is 4.39 Å². The number of carbonyl (C=O) groups excluding carboxylic acids is 2. The van der Waals surface area contributed by atoms with Crippen LogP contribution in [0.2, 0.25) is 0 Å². The lowest BCUT2D eigenvalue weighted by atomic mass is 9.87. The molecule has 0 aliphatic heterocycles. The molecule has 2 saturated carbocycles. The zero-order chi connectivity index (χ0) is 28.6. The first-order valence-electron chi connectivity index (χ1n) is 13.6. The average Bonchev–Trinajstić information content (AvgIpc) is 3.83. The highest BCUT2D eigenvalue weighted by atomic mass is 32.2. The molecule has 2 aliphatic carbocycles. The van der Waals surface area contributed by atoms with Gasteiger partial charge in [-0.2, -0.15) is 14.6 Å². The number of aromatic amines is 2. The molecule has 0 aromatic carbocycles. The number of aryl methyl sites for hydroxylation is 2. The van der Waals surface area contributed by atoms with Gasteiger partial charge in [-0.15, -0.1) is 0 Å². The van der Waals surface area contributed by atoms with Gasteiger partial charge in [-0.25, -0.2) is 13.4 Å². The third-order valence-corrected chi connectivity index (χ3v) is 8.65. The minimum Gasteiger partial charge on any atom is -0.324 e. The van der Waals surface area contributed by atoms with Gasteiger partial charge in [-0.1, -0.05) is 6.92 Å². The summed E-state index contributed by atoms with van der Waals surface area (Å²) in [4.78, 5) is 33.0. The molecule has 0 saturated heterocycles. The second-order valence-electron chi connectivity index (χ2n) is 10.8. The molecule has 214 valence electrons. The Balaban J connectivity index is 1.48. The molecule has 13 heteroatoms. The number of nitrogens with one attached hydrogen (secondary N) is 3. The highest BCUT2D eigenvalue weighted by molar-refractivity contribution is 7.90. The van der Waals surface area contributed by atoms with E-state index in [2.05, 4.69) is 30.7 Å². The minimum atomic E-state index is -3.44. The number of hydrogen-bond acceptors (Lipinski definition) is 7. The summed E-state index contributed by atoms with van der Waals surface area (Å²) >= 11 is 0. The highest BCUT2D eigenvalue weighted by Gasteiger charge is 2.51. The van der Waals surface area contributed by atoms with Crippen LogP contribution in [0.15, 0.2) is 24.4 Å². The summed E-state index contributed by atoms with van der Waals surface area (Å²) < 4.78 is 39.5. The summed E-state index contributed by atoms with van der Waals surface area (Å²) in [5, 5.41) is 16.3. The first kappa shape index (κ1) is 27.9. The number of nitrogens with zero attached hydrogens (tertiary/aromatic N) is 4. The van der Waals surface area contributed by atoms with Crippen LogP contribution < -0.4 is 5.32 Å². The van der Waals surface area contributed by atoms with Crippen LogP contribution in [0.4, 0.5) is 10.2 Å². The van der Waals surface area contributed by atoms with Crippen LogP contribution in [0.3, 0.4) is 0 Å². The first-order valence-corrected chi connectivity index (χ1v) is 15.6. The van der Waals surface area contributed by atoms with Crippen molar-refractivity contribution in [3.63, 3.8) is 0 Å². The van der Waals surface area contributed by atoms with Crippen molar-refractivity contribution in [1.29, 1.82) is 0 Å². The number of rotatable bonds is 12. The van der Waals surface area contributed by atoms with Crippen LogP contribution in [-0.2, 0) is 21.1 Å². The SMILES string of the molecule is CCc1n[nH]c(C)c1-c1ccc(NC(=O)[C@H](C(C2CC2)C2CC2)N(CCS(C)(=O)=O)C(=O)c2ccn[nH]2)nc1F. The number of H-pyrrole nitrogens is 2. The van der Waals surface area contributed by atoms with Crippen molar-refractivity contribution in [3.8, 4) is 11.1 Å². The van der Waals surface area contributed by atoms with Gasteiger partial charge in [0.2, 0.25) is 11.9 Å². The van der Waals surface area contributed by atoms with Gasteiger partial charge in [-0.05, 0) is 75.0 Å². The molecule has 2 fully saturated rings. The van der Waals surface area contributed by atoms with E-state index in [1.165, 1.54) is 23.2 Å². The summed E-state index contributed by atoms with van der Waals surface area (Å²) in [6, 6.07) is 3.62. The molecule has 11 nitrogen and oxygen atoms in total. The van der Waals surface area contributed by atoms with Gasteiger partial charge in [0.1, 0.15) is 27.4 Å². The maximum Gasteiger partial charge on any atom is 0.272 e. The number of hydrogen-bond donors (Lipinski definition) is 3. The molecular formula is C27H34FN7O4S. The minimum absolute atomic E-state index is 0.0119. The van der Waals surface area contributed by atoms with Crippen LogP contribution in [0.25, 0.3) is 11.1 Å². The van der Waals surface area contributed by atoms with Crippen molar-refractivity contribution in [2.45, 2.75) is 52.0 Å². The number of amides is 2. The molecular weight excluding hydrogens is 537 g/mol. The molecule has 0 spiro atoms. The molecule has 3 aromatic heterocycles. The Morgan fingerprint density at radius 1 is 1.15 bits per heavy atom. The van der Waals surface area contributed by atoms with Crippen LogP contribution in [0.1, 0.15) is 54.5 Å². The molecule has 1 atom stereocenters. The van der Waals surface area contributed by atoms with E-state index in [1.807, 2.05) is 6.92 Å². The Kier molecular flexibility index (Phi) is 7.76. The Hall–Kier alpha value is -3.61. The maximum atomic E-state index is 15.3. The number of halogens is 1. The third-order valence-electron chi connectivity index (χ3n) is 7.72. The molecule has 3 aromatic rings. The van der Waals surface area contributed by atoms with Crippen LogP contribution in [0.5, 0.6) is 0 Å². The number of pyridine rings is 1. The normalized spacial score (nSPS) is 16.2. The van der Waals surface area contributed by atoms with Crippen LogP contribution >= 0.6 is 0 Å². The molecule has 5 rings (SSSR count). The number of carbonyl (C=O) groups is 2. The fourth-order valence-electron chi connectivity index (χ4n) is 5.53. The van der Waals surface area contributed by atoms with Gasteiger partial charge in [0, 0.05) is 35.8 Å². The number of aromatic nitrogens is 5. The van der Waals surface area contributed by atoms with Gasteiger partial charge in [0.05, 0.1) is 11.4 Å². The monoisotopic (exact) mass is 571 g/mol. The molecule has 40 heavy (non-hydrogen) atoms. The Morgan fingerprint density at radius 2 is 1.85 bits per heavy atom. The topological polar surface area (TPSA) is 154 Å². The molecule has 0 unspecified atom stereocenters. The van der Waals surface area contributed by atoms with Crippen LogP contribution in [-0.4, -0.2) is 75.1 Å². The van der Waals surface area contributed by atoms with Crippen molar-refractivity contribution in [1.82, 2.24) is 30.3 Å². The lowest BCUT2D eigenvalue weighted by Crippen LogP contribution is -2.54. The van der Waals surface area contributed by atoms with Gasteiger partial charge < -0.3 is 10.2 Å².